The summed E-state index contributed by atoms with van der Waals surface area (Å²) in [6.45, 7) is 0.907. The number of fused-ring (bicyclic) bond motifs is 1. The first-order valence-corrected chi connectivity index (χ1v) is 9.20. The Morgan fingerprint density at radius 1 is 1.07 bits per heavy atom. The molecular weight excluding hydrogens is 336 g/mol. The van der Waals surface area contributed by atoms with Crippen LogP contribution in [0.25, 0.3) is 10.8 Å². The molecular formula is C23H26N2O2. The molecule has 4 heteroatoms. The van der Waals surface area contributed by atoms with E-state index >= 15 is 0 Å². The lowest BCUT2D eigenvalue weighted by atomic mass is 9.95. The van der Waals surface area contributed by atoms with Gasteiger partial charge in [0.1, 0.15) is 0 Å². The maximum absolute atomic E-state index is 11.4. The summed E-state index contributed by atoms with van der Waals surface area (Å²) in [7, 11) is 5.60. The lowest BCUT2D eigenvalue weighted by Gasteiger charge is -2.14. The molecule has 3 aromatic rings. The second-order valence-electron chi connectivity index (χ2n) is 7.16. The summed E-state index contributed by atoms with van der Waals surface area (Å²) in [5, 5.41) is 2.42. The average Bonchev–Trinajstić information content (AvgIpc) is 2.66. The highest BCUT2D eigenvalue weighted by Crippen LogP contribution is 2.24. The highest BCUT2D eigenvalue weighted by Gasteiger charge is 2.08. The molecule has 0 fully saturated rings. The number of rotatable bonds is 7. The van der Waals surface area contributed by atoms with Crippen LogP contribution >= 0.6 is 0 Å². The molecule has 140 valence electrons. The monoisotopic (exact) mass is 362 g/mol. The Morgan fingerprint density at radius 2 is 1.89 bits per heavy atom. The van der Waals surface area contributed by atoms with Crippen molar-refractivity contribution in [3.8, 4) is 0 Å². The lowest BCUT2D eigenvalue weighted by molar-refractivity contribution is -0.140. The molecule has 0 aliphatic heterocycles. The van der Waals surface area contributed by atoms with E-state index in [4.69, 9.17) is 4.74 Å². The largest absolute Gasteiger partial charge is 0.469 e. The van der Waals surface area contributed by atoms with Crippen LogP contribution in [0.1, 0.15) is 28.7 Å². The first-order chi connectivity index (χ1) is 13.0. The molecule has 1 aromatic heterocycles. The van der Waals surface area contributed by atoms with Crippen LogP contribution < -0.4 is 0 Å². The van der Waals surface area contributed by atoms with Gasteiger partial charge in [0.05, 0.1) is 7.11 Å². The van der Waals surface area contributed by atoms with E-state index in [1.165, 1.54) is 34.6 Å². The molecule has 2 aromatic carbocycles. The van der Waals surface area contributed by atoms with Gasteiger partial charge in [0.25, 0.3) is 0 Å². The van der Waals surface area contributed by atoms with Gasteiger partial charge in [-0.15, -0.1) is 0 Å². The summed E-state index contributed by atoms with van der Waals surface area (Å²) in [5.41, 5.74) is 4.98. The normalized spacial score (nSPS) is 11.1. The van der Waals surface area contributed by atoms with Crippen molar-refractivity contribution in [2.45, 2.75) is 25.8 Å². The Morgan fingerprint density at radius 3 is 2.67 bits per heavy atom. The number of aromatic nitrogens is 1. The van der Waals surface area contributed by atoms with Crippen molar-refractivity contribution in [1.29, 1.82) is 0 Å². The van der Waals surface area contributed by atoms with Crippen LogP contribution in [-0.2, 0) is 28.9 Å². The zero-order valence-corrected chi connectivity index (χ0v) is 16.2. The van der Waals surface area contributed by atoms with Crippen molar-refractivity contribution >= 4 is 16.7 Å². The third-order valence-corrected chi connectivity index (χ3v) is 4.63. The standard InChI is InChI=1S/C23H26N2O2/c1-25(2)16-19-13-20-9-10-24-15-22(20)21(14-19)12-18-6-4-5-17(11-18)7-8-23(26)27-3/h4-6,9-11,13-15H,7-8,12,16H2,1-3H3. The van der Waals surface area contributed by atoms with Crippen LogP contribution in [0.15, 0.2) is 54.9 Å². The predicted octanol–water partition coefficient (Wildman–Crippen LogP) is 3.99. The minimum absolute atomic E-state index is 0.172. The molecule has 0 spiro atoms. The van der Waals surface area contributed by atoms with Crippen molar-refractivity contribution in [3.63, 3.8) is 0 Å². The van der Waals surface area contributed by atoms with E-state index in [9.17, 15) is 4.79 Å². The molecule has 0 bridgehead atoms. The summed E-state index contributed by atoms with van der Waals surface area (Å²) >= 11 is 0. The summed E-state index contributed by atoms with van der Waals surface area (Å²) in [6, 6.07) is 15.1. The topological polar surface area (TPSA) is 42.4 Å². The molecule has 0 saturated carbocycles. The molecule has 4 nitrogen and oxygen atoms in total. The van der Waals surface area contributed by atoms with Crippen LogP contribution in [0, 0.1) is 0 Å². The number of aryl methyl sites for hydroxylation is 1. The van der Waals surface area contributed by atoms with Crippen molar-refractivity contribution < 1.29 is 9.53 Å². The molecule has 1 heterocycles. The summed E-state index contributed by atoms with van der Waals surface area (Å²) < 4.78 is 4.74. The lowest BCUT2D eigenvalue weighted by Crippen LogP contribution is -2.11. The zero-order valence-electron chi connectivity index (χ0n) is 16.2. The molecule has 0 aliphatic carbocycles. The third kappa shape index (κ3) is 5.14. The molecule has 0 radical (unpaired) electrons. The average molecular weight is 362 g/mol. The fourth-order valence-corrected chi connectivity index (χ4v) is 3.41. The fraction of sp³-hybridized carbons (Fsp3) is 0.304. The van der Waals surface area contributed by atoms with E-state index in [1.54, 1.807) is 0 Å². The minimum atomic E-state index is -0.172. The zero-order chi connectivity index (χ0) is 19.2. The van der Waals surface area contributed by atoms with Crippen molar-refractivity contribution in [2.24, 2.45) is 0 Å². The number of benzene rings is 2. The molecule has 0 saturated heterocycles. The van der Waals surface area contributed by atoms with E-state index in [-0.39, 0.29) is 5.97 Å². The van der Waals surface area contributed by atoms with E-state index in [0.717, 1.165) is 18.5 Å². The third-order valence-electron chi connectivity index (χ3n) is 4.63. The van der Waals surface area contributed by atoms with Gasteiger partial charge in [0, 0.05) is 30.7 Å². The molecule has 27 heavy (non-hydrogen) atoms. The van der Waals surface area contributed by atoms with Gasteiger partial charge < -0.3 is 9.64 Å². The first-order valence-electron chi connectivity index (χ1n) is 9.20. The number of nitrogens with zero attached hydrogens (tertiary/aromatic N) is 2. The maximum atomic E-state index is 11.4. The fourth-order valence-electron chi connectivity index (χ4n) is 3.41. The number of hydrogen-bond donors (Lipinski definition) is 0. The van der Waals surface area contributed by atoms with Gasteiger partial charge in [0.2, 0.25) is 0 Å². The number of hydrogen-bond acceptors (Lipinski definition) is 4. The Kier molecular flexibility index (Phi) is 6.20. The highest BCUT2D eigenvalue weighted by molar-refractivity contribution is 5.86. The van der Waals surface area contributed by atoms with Crippen molar-refractivity contribution in [2.75, 3.05) is 21.2 Å². The van der Waals surface area contributed by atoms with Crippen LogP contribution in [0.5, 0.6) is 0 Å². The highest BCUT2D eigenvalue weighted by atomic mass is 16.5. The SMILES string of the molecule is COC(=O)CCc1cccc(Cc2cc(CN(C)C)cc3ccncc23)c1. The smallest absolute Gasteiger partial charge is 0.305 e. The second-order valence-corrected chi connectivity index (χ2v) is 7.16. The van der Waals surface area contributed by atoms with Gasteiger partial charge in [-0.1, -0.05) is 30.3 Å². The number of ether oxygens (including phenoxy) is 1. The minimum Gasteiger partial charge on any atom is -0.469 e. The first kappa shape index (κ1) is 19.1. The van der Waals surface area contributed by atoms with Crippen LogP contribution in [0.4, 0.5) is 0 Å². The number of carbonyl (C=O) groups is 1. The van der Waals surface area contributed by atoms with Gasteiger partial charge >= 0.3 is 5.97 Å². The van der Waals surface area contributed by atoms with E-state index in [0.29, 0.717) is 12.8 Å². The van der Waals surface area contributed by atoms with Gasteiger partial charge in [-0.2, -0.15) is 0 Å². The number of methoxy groups -OCH3 is 1. The van der Waals surface area contributed by atoms with Gasteiger partial charge in [0.15, 0.2) is 0 Å². The molecule has 0 amide bonds. The predicted molar refractivity (Wildman–Crippen MR) is 109 cm³/mol. The van der Waals surface area contributed by atoms with Gasteiger partial charge in [-0.25, -0.2) is 0 Å². The molecule has 0 unspecified atom stereocenters. The van der Waals surface area contributed by atoms with Gasteiger partial charge in [-0.3, -0.25) is 9.78 Å². The molecule has 0 aliphatic rings. The molecule has 3 rings (SSSR count). The van der Waals surface area contributed by atoms with Crippen LogP contribution in [0.2, 0.25) is 0 Å². The van der Waals surface area contributed by atoms with Gasteiger partial charge in [-0.05, 0) is 66.7 Å². The summed E-state index contributed by atoms with van der Waals surface area (Å²) in [5.74, 6) is -0.172. The Labute approximate surface area is 160 Å². The van der Waals surface area contributed by atoms with Crippen LogP contribution in [0.3, 0.4) is 0 Å². The Hall–Kier alpha value is -2.72. The number of carbonyl (C=O) groups excluding carboxylic acids is 1. The number of esters is 1. The second kappa shape index (κ2) is 8.78. The van der Waals surface area contributed by atoms with Crippen molar-refractivity contribution in [3.05, 3.63) is 77.1 Å². The van der Waals surface area contributed by atoms with Crippen molar-refractivity contribution in [1.82, 2.24) is 9.88 Å². The Balaban J connectivity index is 1.88. The van der Waals surface area contributed by atoms with E-state index < -0.39 is 0 Å². The van der Waals surface area contributed by atoms with E-state index in [1.807, 2.05) is 12.4 Å². The summed E-state index contributed by atoms with van der Waals surface area (Å²) in [6.07, 6.45) is 5.74. The number of pyridine rings is 1. The Bertz CT molecular complexity index is 935. The quantitative estimate of drug-likeness (QED) is 0.596. The maximum Gasteiger partial charge on any atom is 0.305 e. The molecule has 0 atom stereocenters. The molecule has 0 N–H and O–H groups in total. The summed E-state index contributed by atoms with van der Waals surface area (Å²) in [4.78, 5) is 17.9. The van der Waals surface area contributed by atoms with E-state index in [2.05, 4.69) is 66.4 Å². The van der Waals surface area contributed by atoms with Crippen LogP contribution in [-0.4, -0.2) is 37.1 Å².